The Hall–Kier alpha value is -1.67. The predicted octanol–water partition coefficient (Wildman–Crippen LogP) is 1.55. The van der Waals surface area contributed by atoms with Crippen molar-refractivity contribution in [2.75, 3.05) is 0 Å². The van der Waals surface area contributed by atoms with Gasteiger partial charge in [-0.15, -0.1) is 12.6 Å². The summed E-state index contributed by atoms with van der Waals surface area (Å²) in [5, 5.41) is 11.8. The summed E-state index contributed by atoms with van der Waals surface area (Å²) in [5.41, 5.74) is 0.438. The fraction of sp³-hybridized carbons (Fsp3) is 0.200. The lowest BCUT2D eigenvalue weighted by Gasteiger charge is -2.20. The molecule has 1 atom stereocenters. The van der Waals surface area contributed by atoms with Crippen LogP contribution in [0.2, 0.25) is 0 Å². The number of nitrogens with one attached hydrogen (secondary N) is 1. The smallest absolute Gasteiger partial charge is 0.225 e. The summed E-state index contributed by atoms with van der Waals surface area (Å²) in [6.07, 6.45) is 1.75. The van der Waals surface area contributed by atoms with Crippen LogP contribution < -0.4 is 5.32 Å². The Kier molecular flexibility index (Phi) is 2.52. The molecule has 2 rings (SSSR count). The number of rotatable bonds is 1. The van der Waals surface area contributed by atoms with Crippen molar-refractivity contribution in [3.05, 3.63) is 34.8 Å². The third kappa shape index (κ3) is 1.76. The minimum Gasteiger partial charge on any atom is -0.469 e. The summed E-state index contributed by atoms with van der Waals surface area (Å²) in [7, 11) is 0. The minimum absolute atomic E-state index is 0.152. The lowest BCUT2D eigenvalue weighted by atomic mass is 9.92. The first-order chi connectivity index (χ1) is 7.22. The minimum atomic E-state index is -0.314. The zero-order valence-corrected chi connectivity index (χ0v) is 8.62. The van der Waals surface area contributed by atoms with Gasteiger partial charge < -0.3 is 9.73 Å². The van der Waals surface area contributed by atoms with Crippen molar-refractivity contribution in [2.24, 2.45) is 0 Å². The highest BCUT2D eigenvalue weighted by Crippen LogP contribution is 2.33. The molecule has 5 heteroatoms. The van der Waals surface area contributed by atoms with Crippen molar-refractivity contribution in [3.8, 4) is 6.07 Å². The van der Waals surface area contributed by atoms with Crippen molar-refractivity contribution < 1.29 is 9.21 Å². The van der Waals surface area contributed by atoms with E-state index in [4.69, 9.17) is 9.68 Å². The van der Waals surface area contributed by atoms with E-state index in [-0.39, 0.29) is 18.2 Å². The molecule has 0 fully saturated rings. The van der Waals surface area contributed by atoms with Gasteiger partial charge in [-0.2, -0.15) is 5.26 Å². The molecular weight excluding hydrogens is 212 g/mol. The summed E-state index contributed by atoms with van der Waals surface area (Å²) in [4.78, 5) is 11.3. The number of hydrogen-bond acceptors (Lipinski definition) is 4. The van der Waals surface area contributed by atoms with Gasteiger partial charge in [-0.25, -0.2) is 0 Å². The van der Waals surface area contributed by atoms with Crippen LogP contribution in [-0.4, -0.2) is 5.91 Å². The molecule has 0 spiro atoms. The molecular formula is C10H8N2O2S. The van der Waals surface area contributed by atoms with Crippen LogP contribution in [0, 0.1) is 11.3 Å². The molecule has 0 aromatic carbocycles. The van der Waals surface area contributed by atoms with E-state index in [0.29, 0.717) is 16.4 Å². The monoisotopic (exact) mass is 220 g/mol. The zero-order chi connectivity index (χ0) is 10.8. The molecule has 76 valence electrons. The SMILES string of the molecule is N#CC1=C(S)NC(=O)CC1c1ccco1. The molecule has 15 heavy (non-hydrogen) atoms. The first kappa shape index (κ1) is 9.87. The molecule has 1 aromatic heterocycles. The number of thiol groups is 1. The Balaban J connectivity index is 2.43. The van der Waals surface area contributed by atoms with E-state index >= 15 is 0 Å². The number of allylic oxidation sites excluding steroid dienone is 1. The molecule has 0 aliphatic carbocycles. The molecule has 1 aliphatic rings. The maximum atomic E-state index is 11.3. The van der Waals surface area contributed by atoms with Gasteiger partial charge in [0.1, 0.15) is 5.76 Å². The Morgan fingerprint density at radius 2 is 2.47 bits per heavy atom. The average molecular weight is 220 g/mol. The molecule has 1 unspecified atom stereocenters. The second-order valence-electron chi connectivity index (χ2n) is 3.19. The highest BCUT2D eigenvalue weighted by molar-refractivity contribution is 7.84. The first-order valence-electron chi connectivity index (χ1n) is 4.39. The van der Waals surface area contributed by atoms with Crippen LogP contribution in [0.25, 0.3) is 0 Å². The van der Waals surface area contributed by atoms with Gasteiger partial charge in [0.05, 0.1) is 28.9 Å². The number of nitriles is 1. The summed E-state index contributed by atoms with van der Waals surface area (Å²) in [6.45, 7) is 0. The molecule has 0 bridgehead atoms. The zero-order valence-electron chi connectivity index (χ0n) is 7.73. The van der Waals surface area contributed by atoms with Gasteiger partial charge in [-0.1, -0.05) is 0 Å². The Morgan fingerprint density at radius 1 is 1.67 bits per heavy atom. The van der Waals surface area contributed by atoms with Gasteiger partial charge in [0.25, 0.3) is 0 Å². The molecule has 1 amide bonds. The van der Waals surface area contributed by atoms with E-state index in [1.54, 1.807) is 12.1 Å². The topological polar surface area (TPSA) is 66.0 Å². The first-order valence-corrected chi connectivity index (χ1v) is 4.83. The molecule has 0 saturated heterocycles. The third-order valence-corrected chi connectivity index (χ3v) is 2.61. The van der Waals surface area contributed by atoms with Crippen LogP contribution in [0.5, 0.6) is 0 Å². The summed E-state index contributed by atoms with van der Waals surface area (Å²) < 4.78 is 5.20. The standard InChI is InChI=1S/C10H8N2O2S/c11-5-7-6(8-2-1-3-14-8)4-9(13)12-10(7)15/h1-3,6,15H,4H2,(H,12,13). The van der Waals surface area contributed by atoms with Crippen LogP contribution >= 0.6 is 12.6 Å². The van der Waals surface area contributed by atoms with Crippen LogP contribution in [0.3, 0.4) is 0 Å². The van der Waals surface area contributed by atoms with Crippen LogP contribution in [-0.2, 0) is 4.79 Å². The lowest BCUT2D eigenvalue weighted by Crippen LogP contribution is -2.29. The van der Waals surface area contributed by atoms with Gasteiger partial charge in [-0.05, 0) is 12.1 Å². The molecule has 1 aromatic rings. The van der Waals surface area contributed by atoms with Crippen LogP contribution in [0.4, 0.5) is 0 Å². The van der Waals surface area contributed by atoms with Crippen molar-refractivity contribution in [1.82, 2.24) is 5.32 Å². The molecule has 2 heterocycles. The number of carbonyl (C=O) groups is 1. The Labute approximate surface area is 92.0 Å². The third-order valence-electron chi connectivity index (χ3n) is 2.26. The largest absolute Gasteiger partial charge is 0.469 e. The molecule has 1 aliphatic heterocycles. The van der Waals surface area contributed by atoms with Crippen molar-refractivity contribution in [2.45, 2.75) is 12.3 Å². The highest BCUT2D eigenvalue weighted by Gasteiger charge is 2.29. The van der Waals surface area contributed by atoms with Gasteiger partial charge in [0, 0.05) is 6.42 Å². The summed E-state index contributed by atoms with van der Waals surface area (Å²) >= 11 is 4.07. The van der Waals surface area contributed by atoms with Crippen molar-refractivity contribution in [3.63, 3.8) is 0 Å². The van der Waals surface area contributed by atoms with Crippen LogP contribution in [0.15, 0.2) is 33.4 Å². The second kappa shape index (κ2) is 3.83. The Morgan fingerprint density at radius 3 is 3.07 bits per heavy atom. The maximum absolute atomic E-state index is 11.3. The van der Waals surface area contributed by atoms with Gasteiger partial charge >= 0.3 is 0 Å². The fourth-order valence-electron chi connectivity index (χ4n) is 1.57. The fourth-order valence-corrected chi connectivity index (χ4v) is 1.90. The highest BCUT2D eigenvalue weighted by atomic mass is 32.1. The quantitative estimate of drug-likeness (QED) is 0.706. The van der Waals surface area contributed by atoms with E-state index in [0.717, 1.165) is 0 Å². The van der Waals surface area contributed by atoms with Gasteiger partial charge in [0.2, 0.25) is 5.91 Å². The van der Waals surface area contributed by atoms with Crippen molar-refractivity contribution >= 4 is 18.5 Å². The van der Waals surface area contributed by atoms with E-state index in [9.17, 15) is 4.79 Å². The number of nitrogens with zero attached hydrogens (tertiary/aromatic N) is 1. The molecule has 4 nitrogen and oxygen atoms in total. The summed E-state index contributed by atoms with van der Waals surface area (Å²) in [6, 6.07) is 5.52. The normalized spacial score (nSPS) is 21.1. The lowest BCUT2D eigenvalue weighted by molar-refractivity contribution is -0.120. The molecule has 0 radical (unpaired) electrons. The number of hydrogen-bond donors (Lipinski definition) is 2. The summed E-state index contributed by atoms with van der Waals surface area (Å²) in [5.74, 6) is 0.152. The van der Waals surface area contributed by atoms with E-state index < -0.39 is 0 Å². The van der Waals surface area contributed by atoms with Crippen LogP contribution in [0.1, 0.15) is 18.1 Å². The average Bonchev–Trinajstić information content (AvgIpc) is 2.69. The maximum Gasteiger partial charge on any atom is 0.225 e. The van der Waals surface area contributed by atoms with E-state index in [1.165, 1.54) is 6.26 Å². The molecule has 1 N–H and O–H groups in total. The van der Waals surface area contributed by atoms with E-state index in [2.05, 4.69) is 17.9 Å². The van der Waals surface area contributed by atoms with E-state index in [1.807, 2.05) is 6.07 Å². The predicted molar refractivity (Wildman–Crippen MR) is 55.8 cm³/mol. The second-order valence-corrected chi connectivity index (χ2v) is 3.64. The van der Waals surface area contributed by atoms with Gasteiger partial charge in [0.15, 0.2) is 0 Å². The Bertz CT molecular complexity index is 456. The number of carbonyl (C=O) groups excluding carboxylic acids is 1. The number of amides is 1. The number of furan rings is 1. The molecule has 0 saturated carbocycles. The van der Waals surface area contributed by atoms with Crippen molar-refractivity contribution in [1.29, 1.82) is 5.26 Å². The van der Waals surface area contributed by atoms with Gasteiger partial charge in [-0.3, -0.25) is 4.79 Å².